The standard InChI is InChI=1S/C17H22N2O/c20-16-8-6-13(7-9-16)11-18-12-15-4-1-3-14-5-2-10-19-17(14)15/h1-5,10,13,16,18,20H,6-9,11-12H2. The smallest absolute Gasteiger partial charge is 0.0746 e. The number of aliphatic hydroxyl groups excluding tert-OH is 1. The second-order valence-electron chi connectivity index (χ2n) is 5.80. The lowest BCUT2D eigenvalue weighted by Gasteiger charge is -2.25. The number of pyridine rings is 1. The molecule has 0 spiro atoms. The predicted molar refractivity (Wildman–Crippen MR) is 81.4 cm³/mol. The topological polar surface area (TPSA) is 45.1 Å². The molecule has 3 rings (SSSR count). The fourth-order valence-electron chi connectivity index (χ4n) is 3.07. The number of fused-ring (bicyclic) bond motifs is 1. The lowest BCUT2D eigenvalue weighted by Crippen LogP contribution is -2.27. The molecule has 2 aromatic rings. The van der Waals surface area contributed by atoms with Crippen LogP contribution in [0.4, 0.5) is 0 Å². The van der Waals surface area contributed by atoms with Crippen molar-refractivity contribution in [1.29, 1.82) is 0 Å². The van der Waals surface area contributed by atoms with Crippen LogP contribution in [0.3, 0.4) is 0 Å². The van der Waals surface area contributed by atoms with Crippen LogP contribution in [0.15, 0.2) is 36.5 Å². The molecule has 1 aromatic carbocycles. The number of rotatable bonds is 4. The third-order valence-corrected chi connectivity index (χ3v) is 4.28. The number of aliphatic hydroxyl groups is 1. The highest BCUT2D eigenvalue weighted by Gasteiger charge is 2.18. The van der Waals surface area contributed by atoms with Crippen molar-refractivity contribution in [3.8, 4) is 0 Å². The number of nitrogens with zero attached hydrogens (tertiary/aromatic N) is 1. The van der Waals surface area contributed by atoms with Crippen molar-refractivity contribution in [2.75, 3.05) is 6.54 Å². The summed E-state index contributed by atoms with van der Waals surface area (Å²) in [6.45, 7) is 1.91. The highest BCUT2D eigenvalue weighted by molar-refractivity contribution is 5.81. The molecule has 1 aliphatic rings. The summed E-state index contributed by atoms with van der Waals surface area (Å²) in [5.74, 6) is 0.710. The Labute approximate surface area is 120 Å². The Bertz CT molecular complexity index is 556. The first-order valence-electron chi connectivity index (χ1n) is 7.54. The predicted octanol–water partition coefficient (Wildman–Crippen LogP) is 2.88. The SMILES string of the molecule is OC1CCC(CNCc2cccc3cccnc23)CC1. The molecule has 0 saturated heterocycles. The van der Waals surface area contributed by atoms with Crippen LogP contribution in [-0.4, -0.2) is 22.7 Å². The van der Waals surface area contributed by atoms with Crippen molar-refractivity contribution in [2.24, 2.45) is 5.92 Å². The summed E-state index contributed by atoms with van der Waals surface area (Å²) in [6, 6.07) is 10.4. The van der Waals surface area contributed by atoms with E-state index in [-0.39, 0.29) is 6.10 Å². The van der Waals surface area contributed by atoms with E-state index in [0.717, 1.165) is 44.3 Å². The van der Waals surface area contributed by atoms with Crippen LogP contribution in [0.25, 0.3) is 10.9 Å². The van der Waals surface area contributed by atoms with E-state index < -0.39 is 0 Å². The Balaban J connectivity index is 1.57. The number of aromatic nitrogens is 1. The Morgan fingerprint density at radius 3 is 2.75 bits per heavy atom. The van der Waals surface area contributed by atoms with E-state index in [1.165, 1.54) is 10.9 Å². The fraction of sp³-hybridized carbons (Fsp3) is 0.471. The summed E-state index contributed by atoms with van der Waals surface area (Å²) in [5, 5.41) is 14.3. The zero-order valence-corrected chi connectivity index (χ0v) is 11.8. The van der Waals surface area contributed by atoms with Crippen LogP contribution >= 0.6 is 0 Å². The lowest BCUT2D eigenvalue weighted by molar-refractivity contribution is 0.108. The summed E-state index contributed by atoms with van der Waals surface area (Å²) in [6.07, 6.45) is 6.00. The molecule has 2 N–H and O–H groups in total. The van der Waals surface area contributed by atoms with Gasteiger partial charge in [-0.25, -0.2) is 0 Å². The van der Waals surface area contributed by atoms with E-state index in [1.54, 1.807) is 0 Å². The first-order chi connectivity index (χ1) is 9.83. The Kier molecular flexibility index (Phi) is 4.28. The molecule has 20 heavy (non-hydrogen) atoms. The van der Waals surface area contributed by atoms with Gasteiger partial charge in [-0.15, -0.1) is 0 Å². The van der Waals surface area contributed by atoms with Crippen LogP contribution in [0.2, 0.25) is 0 Å². The second kappa shape index (κ2) is 6.33. The highest BCUT2D eigenvalue weighted by Crippen LogP contribution is 2.23. The largest absolute Gasteiger partial charge is 0.393 e. The Morgan fingerprint density at radius 1 is 1.10 bits per heavy atom. The number of nitrogens with one attached hydrogen (secondary N) is 1. The highest BCUT2D eigenvalue weighted by atomic mass is 16.3. The Hall–Kier alpha value is -1.45. The summed E-state index contributed by atoms with van der Waals surface area (Å²) in [7, 11) is 0. The van der Waals surface area contributed by atoms with E-state index in [4.69, 9.17) is 0 Å². The number of hydrogen-bond acceptors (Lipinski definition) is 3. The van der Waals surface area contributed by atoms with Crippen LogP contribution < -0.4 is 5.32 Å². The van der Waals surface area contributed by atoms with Crippen LogP contribution in [0, 0.1) is 5.92 Å². The molecular formula is C17H22N2O. The minimum Gasteiger partial charge on any atom is -0.393 e. The maximum absolute atomic E-state index is 9.52. The molecule has 1 fully saturated rings. The van der Waals surface area contributed by atoms with Gasteiger partial charge in [0.2, 0.25) is 0 Å². The molecule has 1 aliphatic carbocycles. The van der Waals surface area contributed by atoms with Gasteiger partial charge in [-0.3, -0.25) is 4.98 Å². The number of benzene rings is 1. The van der Waals surface area contributed by atoms with Crippen molar-refractivity contribution >= 4 is 10.9 Å². The summed E-state index contributed by atoms with van der Waals surface area (Å²) < 4.78 is 0. The summed E-state index contributed by atoms with van der Waals surface area (Å²) in [5.41, 5.74) is 2.36. The van der Waals surface area contributed by atoms with Crippen LogP contribution in [0.5, 0.6) is 0 Å². The van der Waals surface area contributed by atoms with E-state index in [2.05, 4.69) is 34.6 Å². The van der Waals surface area contributed by atoms with E-state index >= 15 is 0 Å². The molecule has 0 unspecified atom stereocenters. The van der Waals surface area contributed by atoms with Gasteiger partial charge in [0, 0.05) is 18.1 Å². The molecule has 1 saturated carbocycles. The molecule has 3 nitrogen and oxygen atoms in total. The maximum Gasteiger partial charge on any atom is 0.0746 e. The third-order valence-electron chi connectivity index (χ3n) is 4.28. The molecule has 3 heteroatoms. The van der Waals surface area contributed by atoms with Crippen molar-refractivity contribution in [2.45, 2.75) is 38.3 Å². The second-order valence-corrected chi connectivity index (χ2v) is 5.80. The van der Waals surface area contributed by atoms with E-state index in [9.17, 15) is 5.11 Å². The molecule has 0 atom stereocenters. The fourth-order valence-corrected chi connectivity index (χ4v) is 3.07. The van der Waals surface area contributed by atoms with E-state index in [0.29, 0.717) is 5.92 Å². The van der Waals surface area contributed by atoms with Crippen LogP contribution in [-0.2, 0) is 6.54 Å². The minimum atomic E-state index is -0.0616. The van der Waals surface area contributed by atoms with Crippen molar-refractivity contribution in [3.05, 3.63) is 42.1 Å². The number of hydrogen-bond donors (Lipinski definition) is 2. The summed E-state index contributed by atoms with van der Waals surface area (Å²) in [4.78, 5) is 4.48. The van der Waals surface area contributed by atoms with Gasteiger partial charge in [-0.2, -0.15) is 0 Å². The molecular weight excluding hydrogens is 248 g/mol. The monoisotopic (exact) mass is 270 g/mol. The molecule has 1 aromatic heterocycles. The normalized spacial score (nSPS) is 23.1. The first-order valence-corrected chi connectivity index (χ1v) is 7.54. The van der Waals surface area contributed by atoms with Gasteiger partial charge in [0.15, 0.2) is 0 Å². The first kappa shape index (κ1) is 13.5. The van der Waals surface area contributed by atoms with Gasteiger partial charge in [0.1, 0.15) is 0 Å². The average Bonchev–Trinajstić information content (AvgIpc) is 2.49. The van der Waals surface area contributed by atoms with Gasteiger partial charge in [-0.1, -0.05) is 24.3 Å². The van der Waals surface area contributed by atoms with Crippen molar-refractivity contribution in [1.82, 2.24) is 10.3 Å². The molecule has 106 valence electrons. The van der Waals surface area contributed by atoms with Crippen molar-refractivity contribution in [3.63, 3.8) is 0 Å². The van der Waals surface area contributed by atoms with Crippen LogP contribution in [0.1, 0.15) is 31.2 Å². The van der Waals surface area contributed by atoms with Gasteiger partial charge in [-0.05, 0) is 49.8 Å². The quantitative estimate of drug-likeness (QED) is 0.898. The van der Waals surface area contributed by atoms with E-state index in [1.807, 2.05) is 12.3 Å². The van der Waals surface area contributed by atoms with Gasteiger partial charge in [0.05, 0.1) is 11.6 Å². The third kappa shape index (κ3) is 3.17. The summed E-state index contributed by atoms with van der Waals surface area (Å²) >= 11 is 0. The molecule has 0 aliphatic heterocycles. The lowest BCUT2D eigenvalue weighted by atomic mass is 9.87. The minimum absolute atomic E-state index is 0.0616. The molecule has 0 amide bonds. The molecule has 0 bridgehead atoms. The number of para-hydroxylation sites is 1. The molecule has 0 radical (unpaired) electrons. The van der Waals surface area contributed by atoms with Gasteiger partial charge in [0.25, 0.3) is 0 Å². The zero-order valence-electron chi connectivity index (χ0n) is 11.8. The van der Waals surface area contributed by atoms with Gasteiger partial charge >= 0.3 is 0 Å². The zero-order chi connectivity index (χ0) is 13.8. The Morgan fingerprint density at radius 2 is 1.90 bits per heavy atom. The average molecular weight is 270 g/mol. The molecule has 1 heterocycles. The van der Waals surface area contributed by atoms with Crippen molar-refractivity contribution < 1.29 is 5.11 Å². The maximum atomic E-state index is 9.52. The van der Waals surface area contributed by atoms with Gasteiger partial charge < -0.3 is 10.4 Å².